The largest absolute Gasteiger partial charge is 0.497 e. The Hall–Kier alpha value is -3.65. The summed E-state index contributed by atoms with van der Waals surface area (Å²) >= 11 is 2.97. The lowest BCUT2D eigenvalue weighted by atomic mass is 9.98. The summed E-state index contributed by atoms with van der Waals surface area (Å²) in [6.07, 6.45) is 0.376. The van der Waals surface area contributed by atoms with Gasteiger partial charge in [-0.2, -0.15) is 4.68 Å². The number of rotatable bonds is 9. The second kappa shape index (κ2) is 10.0. The number of β-lactam (4-membered cyclic amide) rings is 1. The topological polar surface area (TPSA) is 143 Å². The molecule has 37 heavy (non-hydrogen) atoms. The van der Waals surface area contributed by atoms with E-state index < -0.39 is 21.7 Å². The fourth-order valence-electron chi connectivity index (χ4n) is 4.26. The average Bonchev–Trinajstić information content (AvgIpc) is 3.46. The number of amides is 1. The Morgan fingerprint density at radius 1 is 1.24 bits per heavy atom. The summed E-state index contributed by atoms with van der Waals surface area (Å²) in [7, 11) is 1.59. The molecule has 2 saturated heterocycles. The Kier molecular flexibility index (Phi) is 6.77. The molecule has 5 rings (SSSR count). The number of aromatic nitrogens is 4. The molecule has 14 heteroatoms. The molecule has 3 atom stereocenters. The van der Waals surface area contributed by atoms with Crippen LogP contribution in [-0.2, 0) is 20.9 Å². The summed E-state index contributed by atoms with van der Waals surface area (Å²) in [5.74, 6) is 0.558. The van der Waals surface area contributed by atoms with Gasteiger partial charge in [-0.05, 0) is 59.3 Å². The molecule has 2 aromatic carbocycles. The highest BCUT2D eigenvalue weighted by molar-refractivity contribution is 8.04. The lowest BCUT2D eigenvalue weighted by Gasteiger charge is -2.37. The van der Waals surface area contributed by atoms with Gasteiger partial charge in [0.1, 0.15) is 18.4 Å². The molecule has 3 aromatic rings. The minimum Gasteiger partial charge on any atom is -0.497 e. The van der Waals surface area contributed by atoms with Crippen molar-refractivity contribution in [2.24, 2.45) is 0 Å². The van der Waals surface area contributed by atoms with Crippen LogP contribution in [0.15, 0.2) is 53.7 Å². The van der Waals surface area contributed by atoms with E-state index in [1.54, 1.807) is 40.6 Å². The summed E-state index contributed by atoms with van der Waals surface area (Å²) in [5, 5.41) is 23.3. The third-order valence-electron chi connectivity index (χ3n) is 6.21. The summed E-state index contributed by atoms with van der Waals surface area (Å²) in [5.41, 5.74) is 1.33. The number of nitro groups is 1. The van der Waals surface area contributed by atoms with Crippen LogP contribution in [0.5, 0.6) is 5.75 Å². The molecule has 0 bridgehead atoms. The van der Waals surface area contributed by atoms with Crippen LogP contribution < -0.4 is 4.74 Å². The second-order valence-corrected chi connectivity index (χ2v) is 11.3. The molecule has 2 fully saturated rings. The van der Waals surface area contributed by atoms with Gasteiger partial charge in [0.15, 0.2) is 0 Å². The molecule has 1 amide bonds. The van der Waals surface area contributed by atoms with Crippen LogP contribution >= 0.6 is 23.5 Å². The number of thioether (sulfide) groups is 2. The molecule has 0 radical (unpaired) electrons. The highest BCUT2D eigenvalue weighted by Crippen LogP contribution is 2.52. The number of hydrogen-bond acceptors (Lipinski definition) is 11. The summed E-state index contributed by atoms with van der Waals surface area (Å²) in [6.45, 7) is 1.89. The molecule has 2 aliphatic rings. The quantitative estimate of drug-likeness (QED) is 0.129. The molecule has 2 aliphatic heterocycles. The van der Waals surface area contributed by atoms with Crippen molar-refractivity contribution < 1.29 is 24.0 Å². The van der Waals surface area contributed by atoms with E-state index in [1.807, 2.05) is 31.2 Å². The van der Waals surface area contributed by atoms with Crippen molar-refractivity contribution in [2.45, 2.75) is 41.3 Å². The molecule has 0 unspecified atom stereocenters. The molecule has 0 saturated carbocycles. The second-order valence-electron chi connectivity index (χ2n) is 8.68. The fraction of sp³-hybridized carbons (Fsp3) is 0.348. The van der Waals surface area contributed by atoms with Crippen LogP contribution in [0.25, 0.3) is 5.69 Å². The van der Waals surface area contributed by atoms with E-state index in [0.717, 1.165) is 5.69 Å². The van der Waals surface area contributed by atoms with Crippen molar-refractivity contribution in [3.8, 4) is 11.4 Å². The zero-order valence-corrected chi connectivity index (χ0v) is 21.5. The number of nitrogens with zero attached hydrogens (tertiary/aromatic N) is 6. The molecule has 0 spiro atoms. The van der Waals surface area contributed by atoms with Gasteiger partial charge in [-0.15, -0.1) is 16.9 Å². The molecular formula is C23H22N6O6S2. The number of nitro benzene ring substituents is 1. The first-order valence-corrected chi connectivity index (χ1v) is 13.1. The molecule has 192 valence electrons. The number of hydrogen-bond donors (Lipinski definition) is 0. The number of esters is 1. The number of benzene rings is 2. The predicted molar refractivity (Wildman–Crippen MR) is 134 cm³/mol. The summed E-state index contributed by atoms with van der Waals surface area (Å²) in [6, 6.07) is 12.3. The van der Waals surface area contributed by atoms with Crippen LogP contribution in [-0.4, -0.2) is 70.9 Å². The van der Waals surface area contributed by atoms with Crippen LogP contribution in [0.3, 0.4) is 0 Å². The van der Waals surface area contributed by atoms with Gasteiger partial charge < -0.3 is 14.4 Å². The van der Waals surface area contributed by atoms with E-state index in [-0.39, 0.29) is 23.6 Å². The standard InChI is InChI=1S/C23H22N6O6S2/c1-23(13-36-22-24-25-26-28(22)15-7-9-17(34-2)10-8-15)20(27-18(30)11-19(27)37-23)21(31)35-12-14-3-5-16(6-4-14)29(32)33/h3-10,19-20H,11-13H2,1-2H3/t19-,20-,23-/m0/s1. The van der Waals surface area contributed by atoms with Gasteiger partial charge in [0.05, 0.1) is 34.3 Å². The third-order valence-corrected chi connectivity index (χ3v) is 9.22. The van der Waals surface area contributed by atoms with Gasteiger partial charge in [0.2, 0.25) is 11.1 Å². The van der Waals surface area contributed by atoms with Gasteiger partial charge in [-0.25, -0.2) is 4.79 Å². The van der Waals surface area contributed by atoms with Gasteiger partial charge >= 0.3 is 5.97 Å². The fourth-order valence-corrected chi connectivity index (χ4v) is 7.18. The number of carbonyl (C=O) groups is 2. The minimum atomic E-state index is -0.778. The van der Waals surface area contributed by atoms with Gasteiger partial charge in [-0.3, -0.25) is 14.9 Å². The number of methoxy groups -OCH3 is 1. The Morgan fingerprint density at radius 3 is 2.62 bits per heavy atom. The molecular weight excluding hydrogens is 520 g/mol. The Labute approximate surface area is 219 Å². The van der Waals surface area contributed by atoms with E-state index in [2.05, 4.69) is 15.5 Å². The first-order chi connectivity index (χ1) is 17.8. The van der Waals surface area contributed by atoms with E-state index in [9.17, 15) is 19.7 Å². The van der Waals surface area contributed by atoms with Gasteiger partial charge in [0.25, 0.3) is 5.69 Å². The molecule has 3 heterocycles. The number of tetrazole rings is 1. The lowest BCUT2D eigenvalue weighted by molar-refractivity contribution is -0.384. The lowest BCUT2D eigenvalue weighted by Crippen LogP contribution is -2.58. The zero-order valence-electron chi connectivity index (χ0n) is 19.8. The first kappa shape index (κ1) is 25.0. The van der Waals surface area contributed by atoms with Crippen LogP contribution in [0.1, 0.15) is 18.9 Å². The molecule has 0 N–H and O–H groups in total. The highest BCUT2D eigenvalue weighted by Gasteiger charge is 2.61. The monoisotopic (exact) mass is 542 g/mol. The smallest absolute Gasteiger partial charge is 0.330 e. The maximum Gasteiger partial charge on any atom is 0.330 e. The highest BCUT2D eigenvalue weighted by atomic mass is 32.2. The Bertz CT molecular complexity index is 1330. The van der Waals surface area contributed by atoms with Crippen LogP contribution in [0.4, 0.5) is 5.69 Å². The van der Waals surface area contributed by atoms with Crippen molar-refractivity contribution in [1.29, 1.82) is 0 Å². The molecule has 12 nitrogen and oxygen atoms in total. The van der Waals surface area contributed by atoms with Crippen molar-refractivity contribution >= 4 is 41.1 Å². The number of ether oxygens (including phenoxy) is 2. The third kappa shape index (κ3) is 4.85. The van der Waals surface area contributed by atoms with Crippen LogP contribution in [0.2, 0.25) is 0 Å². The van der Waals surface area contributed by atoms with Crippen molar-refractivity contribution in [2.75, 3.05) is 12.9 Å². The SMILES string of the molecule is COc1ccc(-n2nnnc2SC[C@]2(C)S[C@H]3CC(=O)N3[C@H]2C(=O)OCc2ccc([N+](=O)[O-])cc2)cc1. The van der Waals surface area contributed by atoms with Crippen molar-refractivity contribution in [3.05, 3.63) is 64.2 Å². The number of non-ortho nitro benzene ring substituents is 1. The molecule has 0 aliphatic carbocycles. The number of fused-ring (bicyclic) bond motifs is 1. The molecule has 1 aromatic heterocycles. The van der Waals surface area contributed by atoms with Crippen molar-refractivity contribution in [1.82, 2.24) is 25.1 Å². The van der Waals surface area contributed by atoms with E-state index in [4.69, 9.17) is 9.47 Å². The normalized spacial score (nSPS) is 22.3. The minimum absolute atomic E-state index is 0.0436. The van der Waals surface area contributed by atoms with Gasteiger partial charge in [-0.1, -0.05) is 11.8 Å². The van der Waals surface area contributed by atoms with E-state index in [0.29, 0.717) is 28.6 Å². The maximum atomic E-state index is 13.3. The first-order valence-electron chi connectivity index (χ1n) is 11.2. The Balaban J connectivity index is 1.29. The van der Waals surface area contributed by atoms with E-state index in [1.165, 1.54) is 23.9 Å². The predicted octanol–water partition coefficient (Wildman–Crippen LogP) is 2.85. The number of carbonyl (C=O) groups excluding carboxylic acids is 2. The van der Waals surface area contributed by atoms with Crippen molar-refractivity contribution in [3.63, 3.8) is 0 Å². The maximum absolute atomic E-state index is 13.3. The average molecular weight is 543 g/mol. The summed E-state index contributed by atoms with van der Waals surface area (Å²) < 4.78 is 11.7. The van der Waals surface area contributed by atoms with E-state index >= 15 is 0 Å². The van der Waals surface area contributed by atoms with Crippen LogP contribution in [0, 0.1) is 10.1 Å². The Morgan fingerprint density at radius 2 is 1.97 bits per heavy atom. The van der Waals surface area contributed by atoms with Gasteiger partial charge in [0, 0.05) is 17.9 Å². The zero-order chi connectivity index (χ0) is 26.2. The summed E-state index contributed by atoms with van der Waals surface area (Å²) in [4.78, 5) is 37.6.